The van der Waals surface area contributed by atoms with Crippen LogP contribution in [0.1, 0.15) is 23.1 Å². The molecule has 0 atom stereocenters. The van der Waals surface area contributed by atoms with Crippen molar-refractivity contribution in [2.24, 2.45) is 0 Å². The fourth-order valence-electron chi connectivity index (χ4n) is 2.54. The second-order valence-corrected chi connectivity index (χ2v) is 5.62. The van der Waals surface area contributed by atoms with E-state index in [-0.39, 0.29) is 0 Å². The molecule has 1 aliphatic carbocycles. The fraction of sp³-hybridized carbons (Fsp3) is 0.312. The first-order valence-corrected chi connectivity index (χ1v) is 7.51. The molecule has 3 rings (SSSR count). The van der Waals surface area contributed by atoms with E-state index in [0.717, 1.165) is 29.3 Å². The van der Waals surface area contributed by atoms with E-state index >= 15 is 0 Å². The number of halogens is 1. The van der Waals surface area contributed by atoms with Gasteiger partial charge in [0, 0.05) is 5.56 Å². The summed E-state index contributed by atoms with van der Waals surface area (Å²) in [5, 5.41) is 0. The molecule has 1 aromatic carbocycles. The van der Waals surface area contributed by atoms with E-state index in [9.17, 15) is 0 Å². The normalized spacial score (nSPS) is 13.1. The van der Waals surface area contributed by atoms with Gasteiger partial charge in [-0.25, -0.2) is 0 Å². The Balaban J connectivity index is 1.88. The Hall–Kier alpha value is -1.55. The van der Waals surface area contributed by atoms with E-state index < -0.39 is 0 Å². The zero-order valence-electron chi connectivity index (χ0n) is 11.4. The maximum absolute atomic E-state index is 5.92. The molecule has 4 heteroatoms. The first-order valence-electron chi connectivity index (χ1n) is 6.71. The van der Waals surface area contributed by atoms with Gasteiger partial charge in [0.2, 0.25) is 11.8 Å². The molecule has 1 aromatic heterocycles. The molecular formula is C16H16BrNO2. The van der Waals surface area contributed by atoms with Crippen LogP contribution in [0.2, 0.25) is 0 Å². The van der Waals surface area contributed by atoms with Gasteiger partial charge < -0.3 is 9.47 Å². The number of fused-ring (bicyclic) bond motifs is 1. The molecule has 1 heterocycles. The Morgan fingerprint density at radius 2 is 1.85 bits per heavy atom. The number of aromatic nitrogens is 1. The lowest BCUT2D eigenvalue weighted by molar-refractivity contribution is 0.283. The summed E-state index contributed by atoms with van der Waals surface area (Å²) < 4.78 is 12.2. The average molecular weight is 334 g/mol. The monoisotopic (exact) mass is 333 g/mol. The van der Waals surface area contributed by atoms with E-state index in [1.54, 1.807) is 7.11 Å². The minimum atomic E-state index is 0.533. The average Bonchev–Trinajstić information content (AvgIpc) is 2.98. The summed E-state index contributed by atoms with van der Waals surface area (Å²) in [7, 11) is 1.63. The molecule has 0 saturated carbocycles. The van der Waals surface area contributed by atoms with Crippen molar-refractivity contribution >= 4 is 15.9 Å². The molecule has 0 saturated heterocycles. The molecule has 104 valence electrons. The molecule has 2 aromatic rings. The van der Waals surface area contributed by atoms with Crippen molar-refractivity contribution in [3.63, 3.8) is 0 Å². The van der Waals surface area contributed by atoms with Gasteiger partial charge in [-0.15, -0.1) is 0 Å². The maximum Gasteiger partial charge on any atom is 0.231 e. The van der Waals surface area contributed by atoms with Crippen molar-refractivity contribution < 1.29 is 9.47 Å². The topological polar surface area (TPSA) is 31.4 Å². The SMILES string of the molecule is COc1nc(OCc2ccccc2)c2c(c1Br)CCC2. The van der Waals surface area contributed by atoms with Crippen LogP contribution in [0.25, 0.3) is 0 Å². The van der Waals surface area contributed by atoms with E-state index in [1.165, 1.54) is 11.1 Å². The summed E-state index contributed by atoms with van der Waals surface area (Å²) in [6.45, 7) is 0.533. The third-order valence-corrected chi connectivity index (χ3v) is 4.36. The zero-order valence-corrected chi connectivity index (χ0v) is 12.9. The van der Waals surface area contributed by atoms with Gasteiger partial charge in [-0.05, 0) is 46.3 Å². The highest BCUT2D eigenvalue weighted by Gasteiger charge is 2.23. The van der Waals surface area contributed by atoms with Crippen LogP contribution in [-0.4, -0.2) is 12.1 Å². The van der Waals surface area contributed by atoms with Crippen LogP contribution in [0.3, 0.4) is 0 Å². The first-order chi connectivity index (χ1) is 9.79. The molecule has 0 aliphatic heterocycles. The van der Waals surface area contributed by atoms with Gasteiger partial charge in [0.05, 0.1) is 11.6 Å². The second-order valence-electron chi connectivity index (χ2n) is 4.83. The highest BCUT2D eigenvalue weighted by molar-refractivity contribution is 9.10. The molecule has 20 heavy (non-hydrogen) atoms. The molecule has 0 N–H and O–H groups in total. The van der Waals surface area contributed by atoms with Crippen LogP contribution in [0, 0.1) is 0 Å². The molecule has 0 bridgehead atoms. The summed E-state index contributed by atoms with van der Waals surface area (Å²) in [6.07, 6.45) is 3.22. The summed E-state index contributed by atoms with van der Waals surface area (Å²) in [5.41, 5.74) is 3.64. The molecule has 1 aliphatic rings. The third-order valence-electron chi connectivity index (χ3n) is 3.54. The van der Waals surface area contributed by atoms with Gasteiger partial charge in [0.25, 0.3) is 0 Å². The van der Waals surface area contributed by atoms with Gasteiger partial charge in [-0.2, -0.15) is 4.98 Å². The zero-order chi connectivity index (χ0) is 13.9. The number of nitrogens with zero attached hydrogens (tertiary/aromatic N) is 1. The number of hydrogen-bond acceptors (Lipinski definition) is 3. The van der Waals surface area contributed by atoms with E-state index in [1.807, 2.05) is 18.2 Å². The van der Waals surface area contributed by atoms with Gasteiger partial charge in [-0.3, -0.25) is 0 Å². The molecule has 0 radical (unpaired) electrons. The van der Waals surface area contributed by atoms with E-state index in [0.29, 0.717) is 18.4 Å². The van der Waals surface area contributed by atoms with Crippen LogP contribution in [0.15, 0.2) is 34.8 Å². The Morgan fingerprint density at radius 3 is 2.60 bits per heavy atom. The standard InChI is InChI=1S/C16H16BrNO2/c1-19-16-14(17)12-8-5-9-13(12)15(18-16)20-10-11-6-3-2-4-7-11/h2-4,6-7H,5,8-10H2,1H3. The van der Waals surface area contributed by atoms with Crippen LogP contribution >= 0.6 is 15.9 Å². The molecular weight excluding hydrogens is 318 g/mol. The smallest absolute Gasteiger partial charge is 0.231 e. The van der Waals surface area contributed by atoms with Crippen molar-refractivity contribution in [1.82, 2.24) is 4.98 Å². The Morgan fingerprint density at radius 1 is 1.10 bits per heavy atom. The van der Waals surface area contributed by atoms with Crippen LogP contribution < -0.4 is 9.47 Å². The first kappa shape index (κ1) is 13.4. The summed E-state index contributed by atoms with van der Waals surface area (Å²) in [6, 6.07) is 10.1. The minimum absolute atomic E-state index is 0.533. The fourth-order valence-corrected chi connectivity index (χ4v) is 3.23. The summed E-state index contributed by atoms with van der Waals surface area (Å²) >= 11 is 3.58. The molecule has 0 amide bonds. The summed E-state index contributed by atoms with van der Waals surface area (Å²) in [4.78, 5) is 4.49. The number of methoxy groups -OCH3 is 1. The van der Waals surface area contributed by atoms with E-state index in [2.05, 4.69) is 33.0 Å². The predicted octanol–water partition coefficient (Wildman–Crippen LogP) is 3.92. The number of ether oxygens (including phenoxy) is 2. The lowest BCUT2D eigenvalue weighted by Crippen LogP contribution is -2.03. The molecule has 0 unspecified atom stereocenters. The van der Waals surface area contributed by atoms with Crippen molar-refractivity contribution in [2.75, 3.05) is 7.11 Å². The number of pyridine rings is 1. The Labute approximate surface area is 127 Å². The van der Waals surface area contributed by atoms with Crippen LogP contribution in [-0.2, 0) is 19.4 Å². The highest BCUT2D eigenvalue weighted by Crippen LogP contribution is 2.39. The van der Waals surface area contributed by atoms with Crippen LogP contribution in [0.4, 0.5) is 0 Å². The van der Waals surface area contributed by atoms with Gasteiger partial charge in [0.1, 0.15) is 6.61 Å². The largest absolute Gasteiger partial charge is 0.480 e. The Kier molecular flexibility index (Phi) is 3.92. The van der Waals surface area contributed by atoms with Crippen molar-refractivity contribution in [1.29, 1.82) is 0 Å². The number of benzene rings is 1. The second kappa shape index (κ2) is 5.83. The predicted molar refractivity (Wildman–Crippen MR) is 81.3 cm³/mol. The number of rotatable bonds is 4. The van der Waals surface area contributed by atoms with Gasteiger partial charge in [0.15, 0.2) is 0 Å². The van der Waals surface area contributed by atoms with E-state index in [4.69, 9.17) is 9.47 Å². The molecule has 3 nitrogen and oxygen atoms in total. The Bertz CT molecular complexity index is 614. The van der Waals surface area contributed by atoms with Gasteiger partial charge >= 0.3 is 0 Å². The minimum Gasteiger partial charge on any atom is -0.480 e. The molecule has 0 spiro atoms. The lowest BCUT2D eigenvalue weighted by atomic mass is 10.2. The summed E-state index contributed by atoms with van der Waals surface area (Å²) in [5.74, 6) is 1.31. The number of hydrogen-bond donors (Lipinski definition) is 0. The van der Waals surface area contributed by atoms with Crippen LogP contribution in [0.5, 0.6) is 11.8 Å². The highest BCUT2D eigenvalue weighted by atomic mass is 79.9. The lowest BCUT2D eigenvalue weighted by Gasteiger charge is -2.13. The van der Waals surface area contributed by atoms with Crippen molar-refractivity contribution in [3.05, 3.63) is 51.5 Å². The van der Waals surface area contributed by atoms with Gasteiger partial charge in [-0.1, -0.05) is 30.3 Å². The maximum atomic E-state index is 5.92. The van der Waals surface area contributed by atoms with Crippen molar-refractivity contribution in [3.8, 4) is 11.8 Å². The quantitative estimate of drug-likeness (QED) is 0.849. The molecule has 0 fully saturated rings. The van der Waals surface area contributed by atoms with Crippen molar-refractivity contribution in [2.45, 2.75) is 25.9 Å². The third kappa shape index (κ3) is 2.52.